The second kappa shape index (κ2) is 9.73. The smallest absolute Gasteiger partial charge is 0.174 e. The molecule has 0 saturated heterocycles. The second-order valence-electron chi connectivity index (χ2n) is 4.63. The molecule has 0 rings (SSSR count). The zero-order valence-electron chi connectivity index (χ0n) is 11.5. The predicted molar refractivity (Wildman–Crippen MR) is 79.5 cm³/mol. The third-order valence-corrected chi connectivity index (χ3v) is 3.85. The fourth-order valence-corrected chi connectivity index (χ4v) is 2.45. The van der Waals surface area contributed by atoms with Crippen LogP contribution in [-0.2, 0) is 0 Å². The number of hydrogen-bond acceptors (Lipinski definition) is 9. The van der Waals surface area contributed by atoms with Gasteiger partial charge in [0.1, 0.15) is 24.4 Å². The Bertz CT molecular complexity index is 323. The van der Waals surface area contributed by atoms with E-state index in [1.807, 2.05) is 0 Å². The molecule has 126 valence electrons. The molecule has 5 atom stereocenters. The molecular weight excluding hydrogens is 322 g/mol. The molecule has 0 radical (unpaired) electrons. The van der Waals surface area contributed by atoms with Gasteiger partial charge >= 0.3 is 0 Å². The number of thiocarbonyl (C=S) groups is 1. The van der Waals surface area contributed by atoms with Crippen LogP contribution in [0.2, 0.25) is 0 Å². The number of nitrogens with zero attached hydrogens (tertiary/aromatic N) is 1. The van der Waals surface area contributed by atoms with E-state index in [4.69, 9.17) is 32.6 Å². The maximum Gasteiger partial charge on any atom is 0.174 e. The Kier molecular flexibility index (Phi) is 9.63. The van der Waals surface area contributed by atoms with Gasteiger partial charge in [0.15, 0.2) is 6.29 Å². The Balaban J connectivity index is 4.89. The van der Waals surface area contributed by atoms with E-state index in [9.17, 15) is 20.4 Å². The maximum absolute atomic E-state index is 9.84. The van der Waals surface area contributed by atoms with E-state index in [2.05, 4.69) is 0 Å². The summed E-state index contributed by atoms with van der Waals surface area (Å²) in [6.45, 7) is -1.84. The third kappa shape index (κ3) is 6.20. The Labute approximate surface area is 130 Å². The van der Waals surface area contributed by atoms with E-state index in [0.717, 1.165) is 4.90 Å². The Morgan fingerprint density at radius 2 is 1.38 bits per heavy atom. The van der Waals surface area contributed by atoms with Crippen molar-refractivity contribution < 1.29 is 40.9 Å². The lowest BCUT2D eigenvalue weighted by Crippen LogP contribution is -2.55. The van der Waals surface area contributed by atoms with Gasteiger partial charge in [-0.2, -0.15) is 0 Å². The van der Waals surface area contributed by atoms with Gasteiger partial charge in [-0.1, -0.05) is 12.2 Å². The minimum Gasteiger partial charge on any atom is -0.394 e. The summed E-state index contributed by atoms with van der Waals surface area (Å²) in [5.74, 6) is 0. The van der Waals surface area contributed by atoms with Crippen LogP contribution in [0.5, 0.6) is 0 Å². The van der Waals surface area contributed by atoms with Crippen LogP contribution in [0.25, 0.3) is 0 Å². The van der Waals surface area contributed by atoms with E-state index in [-0.39, 0.29) is 11.2 Å². The van der Waals surface area contributed by atoms with E-state index < -0.39 is 50.0 Å². The fourth-order valence-electron chi connectivity index (χ4n) is 1.72. The summed E-state index contributed by atoms with van der Waals surface area (Å²) in [6, 6.07) is -1.18. The molecule has 0 aliphatic carbocycles. The van der Waals surface area contributed by atoms with Crippen LogP contribution in [0.15, 0.2) is 0 Å². The molecule has 0 fully saturated rings. The zero-order chi connectivity index (χ0) is 16.7. The van der Waals surface area contributed by atoms with Gasteiger partial charge in [0, 0.05) is 11.2 Å². The molecule has 21 heavy (non-hydrogen) atoms. The van der Waals surface area contributed by atoms with Crippen molar-refractivity contribution in [2.75, 3.05) is 19.8 Å². The van der Waals surface area contributed by atoms with Crippen molar-refractivity contribution in [1.29, 1.82) is 0 Å². The molecule has 9 nitrogen and oxygen atoms in total. The Morgan fingerprint density at radius 1 is 0.905 bits per heavy atom. The zero-order valence-corrected chi connectivity index (χ0v) is 14.3. The molecule has 0 heterocycles. The van der Waals surface area contributed by atoms with Crippen LogP contribution < -0.4 is 0 Å². The number of aliphatic hydroxyl groups is 8. The molecule has 0 spiro atoms. The van der Waals surface area contributed by atoms with Gasteiger partial charge in [-0.05, 0) is 0 Å². The summed E-state index contributed by atoms with van der Waals surface area (Å²) >= 11 is 4.93. The maximum atomic E-state index is 9.84. The molecule has 0 aliphatic heterocycles. The summed E-state index contributed by atoms with van der Waals surface area (Å²) in [5, 5.41) is 74.4. The first-order valence-electron chi connectivity index (χ1n) is 6.24. The molecule has 5 unspecified atom stereocenters. The van der Waals surface area contributed by atoms with Gasteiger partial charge in [0.25, 0.3) is 0 Å². The third-order valence-electron chi connectivity index (χ3n) is 3.05. The van der Waals surface area contributed by atoms with E-state index in [1.165, 1.54) is 0 Å². The lowest BCUT2D eigenvalue weighted by atomic mass is 10.0. The predicted octanol–water partition coefficient (Wildman–Crippen LogP) is -5.95. The molecule has 0 saturated carbocycles. The summed E-state index contributed by atoms with van der Waals surface area (Å²) in [6.07, 6.45) is -8.73. The van der Waals surface area contributed by atoms with Crippen LogP contribution >= 0.6 is 12.2 Å². The molecule has 11 heteroatoms. The highest BCUT2D eigenvalue weighted by Gasteiger charge is 2.33. The normalized spacial score (nSPS) is 19.1. The van der Waals surface area contributed by atoms with E-state index in [0.29, 0.717) is 10.2 Å². The molecule has 0 bridgehead atoms. The van der Waals surface area contributed by atoms with Gasteiger partial charge in [-0.15, -0.1) is 0 Å². The molecule has 8 N–H and O–H groups in total. The minimum absolute atomic E-state index is 0.255. The quantitative estimate of drug-likeness (QED) is 0.115. The van der Waals surface area contributed by atoms with E-state index >= 15 is 0 Å². The first kappa shape index (κ1) is 20.8. The Hall–Kier alpha value is -0.213. The SMILES string of the molecule is OCC(O)C(O)C(O)C(O)CN(C([SiH3])=S)C(CO)C(O)O. The highest BCUT2D eigenvalue weighted by atomic mass is 32.1. The summed E-state index contributed by atoms with van der Waals surface area (Å²) in [7, 11) is 0.325. The van der Waals surface area contributed by atoms with Crippen molar-refractivity contribution in [3.8, 4) is 0 Å². The van der Waals surface area contributed by atoms with Gasteiger partial charge in [0.05, 0.1) is 29.6 Å². The second-order valence-corrected chi connectivity index (χ2v) is 6.90. The largest absolute Gasteiger partial charge is 0.394 e. The molecule has 0 aromatic heterocycles. The number of rotatable bonds is 9. The lowest BCUT2D eigenvalue weighted by Gasteiger charge is -2.36. The van der Waals surface area contributed by atoms with Crippen molar-refractivity contribution in [2.45, 2.75) is 36.7 Å². The van der Waals surface area contributed by atoms with Crippen molar-refractivity contribution in [3.05, 3.63) is 0 Å². The molecule has 0 aromatic rings. The molecule has 0 amide bonds. The topological polar surface area (TPSA) is 165 Å². The fraction of sp³-hybridized carbons (Fsp3) is 0.900. The van der Waals surface area contributed by atoms with Crippen molar-refractivity contribution in [1.82, 2.24) is 4.90 Å². The monoisotopic (exact) mass is 345 g/mol. The van der Waals surface area contributed by atoms with Gasteiger partial charge in [0.2, 0.25) is 0 Å². The summed E-state index contributed by atoms with van der Waals surface area (Å²) < 4.78 is 0.255. The van der Waals surface area contributed by atoms with Crippen LogP contribution in [0.1, 0.15) is 0 Å². The van der Waals surface area contributed by atoms with Crippen molar-refractivity contribution >= 4 is 27.1 Å². The highest BCUT2D eigenvalue weighted by molar-refractivity contribution is 7.82. The highest BCUT2D eigenvalue weighted by Crippen LogP contribution is 2.11. The average Bonchev–Trinajstić information content (AvgIpc) is 2.43. The Morgan fingerprint density at radius 3 is 1.71 bits per heavy atom. The molecule has 0 aliphatic rings. The van der Waals surface area contributed by atoms with Crippen molar-refractivity contribution in [3.63, 3.8) is 0 Å². The summed E-state index contributed by atoms with van der Waals surface area (Å²) in [5.41, 5.74) is 0. The minimum atomic E-state index is -1.92. The molecule has 0 aromatic carbocycles. The van der Waals surface area contributed by atoms with Crippen LogP contribution in [-0.4, -0.2) is 117 Å². The summed E-state index contributed by atoms with van der Waals surface area (Å²) in [4.78, 5) is 1.14. The number of aliphatic hydroxyl groups excluding tert-OH is 7. The van der Waals surface area contributed by atoms with Crippen LogP contribution in [0.3, 0.4) is 0 Å². The van der Waals surface area contributed by atoms with Crippen LogP contribution in [0, 0.1) is 0 Å². The first-order chi connectivity index (χ1) is 9.67. The molecular formula is C10H23NO8SSi. The van der Waals surface area contributed by atoms with Gasteiger partial charge < -0.3 is 45.8 Å². The van der Waals surface area contributed by atoms with Gasteiger partial charge in [-0.25, -0.2) is 0 Å². The lowest BCUT2D eigenvalue weighted by molar-refractivity contribution is -0.130. The first-order valence-corrected chi connectivity index (χ1v) is 7.65. The average molecular weight is 345 g/mol. The van der Waals surface area contributed by atoms with Crippen LogP contribution in [0.4, 0.5) is 0 Å². The van der Waals surface area contributed by atoms with Gasteiger partial charge in [-0.3, -0.25) is 0 Å². The van der Waals surface area contributed by atoms with E-state index in [1.54, 1.807) is 0 Å². The van der Waals surface area contributed by atoms with Crippen molar-refractivity contribution in [2.24, 2.45) is 0 Å². The number of hydrogen-bond donors (Lipinski definition) is 8. The standard InChI is InChI=1S/C10H23NO8SSi/c12-2-4(9(18)19)11(10(20)21)1-5(14)7(16)8(17)6(15)3-13/h4-9,12-19H,1-3H2,21H3.